The van der Waals surface area contributed by atoms with E-state index >= 15 is 0 Å². The van der Waals surface area contributed by atoms with Crippen LogP contribution in [0.25, 0.3) is 0 Å². The first-order chi connectivity index (χ1) is 20.0. The molecule has 8 nitrogen and oxygen atoms in total. The summed E-state index contributed by atoms with van der Waals surface area (Å²) >= 11 is 0. The van der Waals surface area contributed by atoms with E-state index in [9.17, 15) is 9.59 Å². The number of carbonyl (C=O) groups is 2. The number of hydrogen-bond acceptors (Lipinski definition) is 7. The minimum atomic E-state index is -0.526. The van der Waals surface area contributed by atoms with Gasteiger partial charge < -0.3 is 23.7 Å². The lowest BCUT2D eigenvalue weighted by molar-refractivity contribution is -0.120. The third kappa shape index (κ3) is 8.02. The molecular formula is C33H33NO7. The van der Waals surface area contributed by atoms with Gasteiger partial charge in [0.25, 0.3) is 5.91 Å². The molecule has 0 aromatic heterocycles. The van der Waals surface area contributed by atoms with Crippen molar-refractivity contribution in [1.82, 2.24) is 5.32 Å². The van der Waals surface area contributed by atoms with Gasteiger partial charge in [0, 0.05) is 12.0 Å². The van der Waals surface area contributed by atoms with Gasteiger partial charge in [0.05, 0.1) is 21.3 Å². The number of methoxy groups -OCH3 is 3. The largest absolute Gasteiger partial charge is 0.493 e. The van der Waals surface area contributed by atoms with Crippen LogP contribution >= 0.6 is 0 Å². The first kappa shape index (κ1) is 29.0. The SMILES string of the molecule is COc1cc(C(=O)NC(=O)CCc2cc(OC)c(OC)c(OCc3ccccc3)c2)ccc1OCc1ccccc1. The van der Waals surface area contributed by atoms with Gasteiger partial charge in [-0.3, -0.25) is 14.9 Å². The number of nitrogens with one attached hydrogen (secondary N) is 1. The molecule has 4 aromatic carbocycles. The van der Waals surface area contributed by atoms with Crippen molar-refractivity contribution in [3.8, 4) is 28.7 Å². The van der Waals surface area contributed by atoms with Crippen molar-refractivity contribution in [1.29, 1.82) is 0 Å². The zero-order valence-electron chi connectivity index (χ0n) is 23.3. The summed E-state index contributed by atoms with van der Waals surface area (Å²) in [5.41, 5.74) is 3.09. The standard InChI is InChI=1S/C33H33NO7/c1-37-28-20-26(15-16-27(28)40-21-23-10-6-4-7-11-23)33(36)34-31(35)17-14-25-18-29(38-2)32(39-3)30(19-25)41-22-24-12-8-5-9-13-24/h4-13,15-16,18-20H,14,17,21-22H2,1-3H3,(H,34,35,36). The van der Waals surface area contributed by atoms with Crippen molar-refractivity contribution >= 4 is 11.8 Å². The van der Waals surface area contributed by atoms with E-state index in [2.05, 4.69) is 5.32 Å². The second kappa shape index (κ2) is 14.4. The van der Waals surface area contributed by atoms with Crippen LogP contribution in [-0.2, 0) is 24.4 Å². The minimum absolute atomic E-state index is 0.0781. The van der Waals surface area contributed by atoms with Crippen LogP contribution in [0.4, 0.5) is 0 Å². The highest BCUT2D eigenvalue weighted by atomic mass is 16.5. The molecule has 0 fully saturated rings. The molecule has 0 radical (unpaired) electrons. The molecule has 2 amide bonds. The van der Waals surface area contributed by atoms with Crippen LogP contribution < -0.4 is 29.0 Å². The molecule has 41 heavy (non-hydrogen) atoms. The molecule has 0 aliphatic carbocycles. The van der Waals surface area contributed by atoms with E-state index in [4.69, 9.17) is 23.7 Å². The van der Waals surface area contributed by atoms with Crippen LogP contribution in [0.15, 0.2) is 91.0 Å². The Labute approximate surface area is 239 Å². The molecule has 0 atom stereocenters. The van der Waals surface area contributed by atoms with Gasteiger partial charge in [-0.2, -0.15) is 0 Å². The van der Waals surface area contributed by atoms with Gasteiger partial charge in [0.15, 0.2) is 23.0 Å². The van der Waals surface area contributed by atoms with Crippen LogP contribution in [0, 0.1) is 0 Å². The molecule has 212 valence electrons. The van der Waals surface area contributed by atoms with Crippen molar-refractivity contribution < 1.29 is 33.3 Å². The first-order valence-corrected chi connectivity index (χ1v) is 13.1. The zero-order chi connectivity index (χ0) is 29.0. The Kier molecular flexibility index (Phi) is 10.2. The van der Waals surface area contributed by atoms with E-state index in [-0.39, 0.29) is 12.0 Å². The molecule has 4 aromatic rings. The maximum Gasteiger partial charge on any atom is 0.257 e. The predicted molar refractivity (Wildman–Crippen MR) is 155 cm³/mol. The number of ether oxygens (including phenoxy) is 5. The Morgan fingerprint density at radius 3 is 1.78 bits per heavy atom. The van der Waals surface area contributed by atoms with E-state index in [0.29, 0.717) is 48.4 Å². The van der Waals surface area contributed by atoms with Gasteiger partial charge in [-0.05, 0) is 53.4 Å². The molecule has 8 heteroatoms. The Morgan fingerprint density at radius 1 is 0.610 bits per heavy atom. The lowest BCUT2D eigenvalue weighted by Gasteiger charge is -2.16. The maximum absolute atomic E-state index is 12.8. The summed E-state index contributed by atoms with van der Waals surface area (Å²) in [5, 5.41) is 2.45. The summed E-state index contributed by atoms with van der Waals surface area (Å²) in [5.74, 6) is 1.42. The second-order valence-corrected chi connectivity index (χ2v) is 9.12. The quantitative estimate of drug-likeness (QED) is 0.224. The van der Waals surface area contributed by atoms with Crippen molar-refractivity contribution in [3.63, 3.8) is 0 Å². The van der Waals surface area contributed by atoms with Crippen molar-refractivity contribution in [2.24, 2.45) is 0 Å². The highest BCUT2D eigenvalue weighted by Gasteiger charge is 2.17. The van der Waals surface area contributed by atoms with Crippen molar-refractivity contribution in [3.05, 3.63) is 113 Å². The number of amides is 2. The Balaban J connectivity index is 1.37. The fraction of sp³-hybridized carbons (Fsp3) is 0.212. The molecule has 0 saturated heterocycles. The highest BCUT2D eigenvalue weighted by molar-refractivity contribution is 6.05. The predicted octanol–water partition coefficient (Wildman–Crippen LogP) is 5.76. The topological polar surface area (TPSA) is 92.3 Å². The summed E-state index contributed by atoms with van der Waals surface area (Å²) < 4.78 is 28.3. The fourth-order valence-electron chi connectivity index (χ4n) is 4.15. The first-order valence-electron chi connectivity index (χ1n) is 13.1. The average Bonchev–Trinajstić information content (AvgIpc) is 3.02. The second-order valence-electron chi connectivity index (χ2n) is 9.12. The van der Waals surface area contributed by atoms with E-state index in [1.54, 1.807) is 38.5 Å². The van der Waals surface area contributed by atoms with Crippen molar-refractivity contribution in [2.45, 2.75) is 26.1 Å². The van der Waals surface area contributed by atoms with Crippen LogP contribution in [0.1, 0.15) is 33.5 Å². The number of aryl methyl sites for hydroxylation is 1. The highest BCUT2D eigenvalue weighted by Crippen LogP contribution is 2.39. The zero-order valence-corrected chi connectivity index (χ0v) is 23.3. The number of benzene rings is 4. The molecular weight excluding hydrogens is 522 g/mol. The Hall–Kier alpha value is -4.98. The van der Waals surface area contributed by atoms with Crippen molar-refractivity contribution in [2.75, 3.05) is 21.3 Å². The molecule has 0 bridgehead atoms. The summed E-state index contributed by atoms with van der Waals surface area (Å²) in [4.78, 5) is 25.5. The lowest BCUT2D eigenvalue weighted by atomic mass is 10.1. The van der Waals surface area contributed by atoms with Gasteiger partial charge in [-0.15, -0.1) is 0 Å². The van der Waals surface area contributed by atoms with Gasteiger partial charge in [0.1, 0.15) is 13.2 Å². The molecule has 0 saturated carbocycles. The van der Waals surface area contributed by atoms with Gasteiger partial charge in [0.2, 0.25) is 11.7 Å². The van der Waals surface area contributed by atoms with Crippen LogP contribution in [0.3, 0.4) is 0 Å². The van der Waals surface area contributed by atoms with E-state index in [1.165, 1.54) is 7.11 Å². The maximum atomic E-state index is 12.8. The smallest absolute Gasteiger partial charge is 0.257 e. The average molecular weight is 556 g/mol. The number of imide groups is 1. The molecule has 0 unspecified atom stereocenters. The van der Waals surface area contributed by atoms with Crippen LogP contribution in [0.5, 0.6) is 28.7 Å². The Morgan fingerprint density at radius 2 is 1.20 bits per heavy atom. The van der Waals surface area contributed by atoms with E-state index in [0.717, 1.165) is 16.7 Å². The lowest BCUT2D eigenvalue weighted by Crippen LogP contribution is -2.30. The minimum Gasteiger partial charge on any atom is -0.493 e. The third-order valence-electron chi connectivity index (χ3n) is 6.30. The molecule has 0 heterocycles. The molecule has 4 rings (SSSR count). The summed E-state index contributed by atoms with van der Waals surface area (Å²) in [6, 6.07) is 27.9. The monoisotopic (exact) mass is 555 g/mol. The summed E-state index contributed by atoms with van der Waals surface area (Å²) in [6.07, 6.45) is 0.436. The van der Waals surface area contributed by atoms with Gasteiger partial charge in [-0.1, -0.05) is 60.7 Å². The van der Waals surface area contributed by atoms with E-state index < -0.39 is 11.8 Å². The van der Waals surface area contributed by atoms with Gasteiger partial charge >= 0.3 is 0 Å². The van der Waals surface area contributed by atoms with Crippen LogP contribution in [-0.4, -0.2) is 33.1 Å². The number of rotatable bonds is 13. The fourth-order valence-corrected chi connectivity index (χ4v) is 4.15. The van der Waals surface area contributed by atoms with Crippen LogP contribution in [0.2, 0.25) is 0 Å². The number of hydrogen-bond donors (Lipinski definition) is 1. The normalized spacial score (nSPS) is 10.4. The molecule has 1 N–H and O–H groups in total. The summed E-state index contributed by atoms with van der Waals surface area (Å²) in [7, 11) is 4.58. The third-order valence-corrected chi connectivity index (χ3v) is 6.30. The molecule has 0 aliphatic rings. The number of carbonyl (C=O) groups excluding carboxylic acids is 2. The summed E-state index contributed by atoms with van der Waals surface area (Å²) in [6.45, 7) is 0.703. The van der Waals surface area contributed by atoms with Gasteiger partial charge in [-0.25, -0.2) is 0 Å². The molecule has 0 spiro atoms. The molecule has 0 aliphatic heterocycles. The van der Waals surface area contributed by atoms with E-state index in [1.807, 2.05) is 66.7 Å². The Bertz CT molecular complexity index is 1460.